The Bertz CT molecular complexity index is 492. The molecule has 0 aliphatic rings. The van der Waals surface area contributed by atoms with Gasteiger partial charge in [-0.2, -0.15) is 13.2 Å². The van der Waals surface area contributed by atoms with Crippen LogP contribution < -0.4 is 0 Å². The highest BCUT2D eigenvalue weighted by molar-refractivity contribution is 5.93. The third-order valence-electron chi connectivity index (χ3n) is 2.97. The minimum absolute atomic E-state index is 0.0615. The molecule has 0 amide bonds. The summed E-state index contributed by atoms with van der Waals surface area (Å²) in [6, 6.07) is 6.71. The minimum atomic E-state index is -4.55. The molecule has 1 rings (SSSR count). The first-order chi connectivity index (χ1) is 9.70. The fourth-order valence-corrected chi connectivity index (χ4v) is 1.89. The van der Waals surface area contributed by atoms with Crippen LogP contribution in [0.1, 0.15) is 42.6 Å². The Labute approximate surface area is 121 Å². The van der Waals surface area contributed by atoms with E-state index in [1.54, 1.807) is 24.3 Å². The van der Waals surface area contributed by atoms with Gasteiger partial charge in [0.25, 0.3) is 0 Å². The summed E-state index contributed by atoms with van der Waals surface area (Å²) in [5.41, 5.74) is 1.40. The third-order valence-corrected chi connectivity index (χ3v) is 2.97. The van der Waals surface area contributed by atoms with Crippen molar-refractivity contribution in [3.63, 3.8) is 0 Å². The topological polar surface area (TPSA) is 43.4 Å². The lowest BCUT2D eigenvalue weighted by Gasteiger charge is -2.19. The molecular weight excluding hydrogens is 285 g/mol. The number of alkyl halides is 3. The van der Waals surface area contributed by atoms with E-state index in [-0.39, 0.29) is 18.6 Å². The SMILES string of the molecule is CC(=O)OC(CCCc1ccc(C(C)=O)cc1)C(F)(F)F. The van der Waals surface area contributed by atoms with Gasteiger partial charge in [-0.25, -0.2) is 0 Å². The van der Waals surface area contributed by atoms with Gasteiger partial charge in [0.15, 0.2) is 11.9 Å². The molecule has 6 heteroatoms. The second kappa shape index (κ2) is 7.24. The number of ketones is 1. The zero-order chi connectivity index (χ0) is 16.0. The van der Waals surface area contributed by atoms with E-state index in [9.17, 15) is 22.8 Å². The lowest BCUT2D eigenvalue weighted by atomic mass is 10.0. The molecule has 3 nitrogen and oxygen atoms in total. The lowest BCUT2D eigenvalue weighted by molar-refractivity contribution is -0.221. The molecule has 0 aliphatic carbocycles. The first-order valence-corrected chi connectivity index (χ1v) is 6.54. The number of Topliss-reactive ketones (excluding diaryl/α,β-unsaturated/α-hetero) is 1. The number of hydrogen-bond donors (Lipinski definition) is 0. The zero-order valence-corrected chi connectivity index (χ0v) is 11.9. The van der Waals surface area contributed by atoms with E-state index in [0.717, 1.165) is 12.5 Å². The van der Waals surface area contributed by atoms with E-state index in [0.29, 0.717) is 12.0 Å². The smallest absolute Gasteiger partial charge is 0.425 e. The molecule has 0 aliphatic heterocycles. The summed E-state index contributed by atoms with van der Waals surface area (Å²) in [6.45, 7) is 2.40. The average molecular weight is 302 g/mol. The Morgan fingerprint density at radius 3 is 2.14 bits per heavy atom. The predicted molar refractivity (Wildman–Crippen MR) is 71.0 cm³/mol. The molecule has 0 bridgehead atoms. The molecule has 0 saturated heterocycles. The molecule has 21 heavy (non-hydrogen) atoms. The molecular formula is C15H17F3O3. The molecule has 1 atom stereocenters. The van der Waals surface area contributed by atoms with Crippen molar-refractivity contribution in [2.24, 2.45) is 0 Å². The average Bonchev–Trinajstić information content (AvgIpc) is 2.36. The third kappa shape index (κ3) is 5.97. The Morgan fingerprint density at radius 1 is 1.14 bits per heavy atom. The highest BCUT2D eigenvalue weighted by Gasteiger charge is 2.41. The van der Waals surface area contributed by atoms with E-state index >= 15 is 0 Å². The summed E-state index contributed by atoms with van der Waals surface area (Å²) in [5.74, 6) is -1.00. The molecule has 0 fully saturated rings. The van der Waals surface area contributed by atoms with E-state index in [2.05, 4.69) is 4.74 Å². The van der Waals surface area contributed by atoms with Crippen LogP contribution in [0.4, 0.5) is 13.2 Å². The summed E-state index contributed by atoms with van der Waals surface area (Å²) in [4.78, 5) is 21.8. The summed E-state index contributed by atoms with van der Waals surface area (Å²) < 4.78 is 42.2. The monoisotopic (exact) mass is 302 g/mol. The Hall–Kier alpha value is -1.85. The largest absolute Gasteiger partial charge is 0.453 e. The number of carbonyl (C=O) groups excluding carboxylic acids is 2. The van der Waals surface area contributed by atoms with Crippen LogP contribution in [0, 0.1) is 0 Å². The summed E-state index contributed by atoms with van der Waals surface area (Å²) in [5, 5.41) is 0. The Kier molecular flexibility index (Phi) is 5.93. The number of benzene rings is 1. The van der Waals surface area contributed by atoms with Crippen molar-refractivity contribution in [2.75, 3.05) is 0 Å². The highest BCUT2D eigenvalue weighted by Crippen LogP contribution is 2.27. The van der Waals surface area contributed by atoms with Gasteiger partial charge in [0.05, 0.1) is 0 Å². The van der Waals surface area contributed by atoms with Crippen molar-refractivity contribution >= 4 is 11.8 Å². The molecule has 0 heterocycles. The molecule has 1 aromatic carbocycles. The number of ether oxygens (including phenoxy) is 1. The van der Waals surface area contributed by atoms with Gasteiger partial charge in [0.2, 0.25) is 0 Å². The van der Waals surface area contributed by atoms with Crippen LogP contribution in [-0.4, -0.2) is 24.0 Å². The second-order valence-electron chi connectivity index (χ2n) is 4.79. The maximum atomic E-state index is 12.6. The maximum Gasteiger partial charge on any atom is 0.425 e. The van der Waals surface area contributed by atoms with Gasteiger partial charge in [-0.1, -0.05) is 24.3 Å². The molecule has 0 radical (unpaired) electrons. The van der Waals surface area contributed by atoms with Crippen LogP contribution in [0.2, 0.25) is 0 Å². The van der Waals surface area contributed by atoms with Crippen molar-refractivity contribution < 1.29 is 27.5 Å². The van der Waals surface area contributed by atoms with Crippen LogP contribution in [0.3, 0.4) is 0 Å². The molecule has 116 valence electrons. The number of carbonyl (C=O) groups is 2. The number of halogens is 3. The number of aryl methyl sites for hydroxylation is 1. The van der Waals surface area contributed by atoms with E-state index in [4.69, 9.17) is 0 Å². The number of rotatable bonds is 6. The van der Waals surface area contributed by atoms with Crippen molar-refractivity contribution in [3.8, 4) is 0 Å². The predicted octanol–water partition coefficient (Wildman–Crippen LogP) is 3.71. The van der Waals surface area contributed by atoms with Crippen LogP contribution in [0.25, 0.3) is 0 Å². The van der Waals surface area contributed by atoms with Crippen LogP contribution >= 0.6 is 0 Å². The van der Waals surface area contributed by atoms with Crippen molar-refractivity contribution in [2.45, 2.75) is 45.4 Å². The first-order valence-electron chi connectivity index (χ1n) is 6.54. The highest BCUT2D eigenvalue weighted by atomic mass is 19.4. The Morgan fingerprint density at radius 2 is 1.71 bits per heavy atom. The molecule has 0 N–H and O–H groups in total. The van der Waals surface area contributed by atoms with Crippen LogP contribution in [0.5, 0.6) is 0 Å². The zero-order valence-electron chi connectivity index (χ0n) is 11.9. The number of esters is 1. The Balaban J connectivity index is 2.53. The van der Waals surface area contributed by atoms with Crippen molar-refractivity contribution in [3.05, 3.63) is 35.4 Å². The maximum absolute atomic E-state index is 12.6. The summed E-state index contributed by atoms with van der Waals surface area (Å²) >= 11 is 0. The van der Waals surface area contributed by atoms with Crippen molar-refractivity contribution in [1.82, 2.24) is 0 Å². The summed E-state index contributed by atoms with van der Waals surface area (Å²) in [6.07, 6.45) is -6.24. The normalized spacial score (nSPS) is 12.8. The van der Waals surface area contributed by atoms with Crippen molar-refractivity contribution in [1.29, 1.82) is 0 Å². The first kappa shape index (κ1) is 17.2. The van der Waals surface area contributed by atoms with Gasteiger partial charge in [0, 0.05) is 12.5 Å². The second-order valence-corrected chi connectivity index (χ2v) is 4.79. The molecule has 0 spiro atoms. The van der Waals surface area contributed by atoms with Crippen LogP contribution in [0.15, 0.2) is 24.3 Å². The summed E-state index contributed by atoms with van der Waals surface area (Å²) in [7, 11) is 0. The molecule has 1 unspecified atom stereocenters. The fourth-order valence-electron chi connectivity index (χ4n) is 1.89. The minimum Gasteiger partial charge on any atom is -0.453 e. The van der Waals surface area contributed by atoms with E-state index in [1.807, 2.05) is 0 Å². The van der Waals surface area contributed by atoms with E-state index in [1.165, 1.54) is 6.92 Å². The molecule has 1 aromatic rings. The quantitative estimate of drug-likeness (QED) is 0.594. The number of hydrogen-bond acceptors (Lipinski definition) is 3. The van der Waals surface area contributed by atoms with Gasteiger partial charge < -0.3 is 4.74 Å². The standard InChI is InChI=1S/C15H17F3O3/c1-10(19)13-8-6-12(7-9-13)4-3-5-14(15(16,17)18)21-11(2)20/h6-9,14H,3-5H2,1-2H3. The van der Waals surface area contributed by atoms with Gasteiger partial charge in [0.1, 0.15) is 0 Å². The lowest BCUT2D eigenvalue weighted by Crippen LogP contribution is -2.33. The van der Waals surface area contributed by atoms with E-state index < -0.39 is 18.2 Å². The van der Waals surface area contributed by atoms with Gasteiger partial charge >= 0.3 is 12.1 Å². The van der Waals surface area contributed by atoms with Gasteiger partial charge in [-0.3, -0.25) is 9.59 Å². The molecule has 0 aromatic heterocycles. The molecule has 0 saturated carbocycles. The van der Waals surface area contributed by atoms with Crippen LogP contribution in [-0.2, 0) is 16.0 Å². The van der Waals surface area contributed by atoms with Gasteiger partial charge in [-0.05, 0) is 31.7 Å². The van der Waals surface area contributed by atoms with Gasteiger partial charge in [-0.15, -0.1) is 0 Å². The fraction of sp³-hybridized carbons (Fsp3) is 0.467.